The first-order valence-electron chi connectivity index (χ1n) is 11.0. The van der Waals surface area contributed by atoms with Gasteiger partial charge in [-0.25, -0.2) is 13.8 Å². The Morgan fingerprint density at radius 1 is 1.38 bits per heavy atom. The van der Waals surface area contributed by atoms with Crippen LogP contribution in [0.2, 0.25) is 0 Å². The number of nitrogens with one attached hydrogen (secondary N) is 1. The Labute approximate surface area is 216 Å². The summed E-state index contributed by atoms with van der Waals surface area (Å²) in [6.07, 6.45) is -4.24. The molecule has 0 amide bonds. The molecule has 6 atom stereocenters. The molecular formula is C21H27ClFN4O9P. The summed E-state index contributed by atoms with van der Waals surface area (Å²) in [4.78, 5) is 27.9. The molecule has 13 nitrogen and oxygen atoms in total. The summed E-state index contributed by atoms with van der Waals surface area (Å²) in [7, 11) is -2.92. The highest BCUT2D eigenvalue weighted by Gasteiger charge is 2.58. The number of carbonyl (C=O) groups is 1. The Balaban J connectivity index is 1.76. The Kier molecular flexibility index (Phi) is 9.64. The van der Waals surface area contributed by atoms with Crippen molar-refractivity contribution in [1.82, 2.24) is 14.6 Å². The van der Waals surface area contributed by atoms with Gasteiger partial charge in [-0.05, 0) is 25.1 Å². The van der Waals surface area contributed by atoms with Crippen LogP contribution in [0, 0.1) is 0 Å². The number of ether oxygens (including phenoxy) is 3. The lowest BCUT2D eigenvalue weighted by atomic mass is 10.1. The molecule has 0 bridgehead atoms. The number of halogens is 2. The minimum Gasteiger partial charge on any atom is -0.462 e. The molecule has 2 unspecified atom stereocenters. The minimum atomic E-state index is -4.36. The number of hydrogen-bond acceptors (Lipinski definition) is 11. The highest BCUT2D eigenvalue weighted by atomic mass is 35.5. The Morgan fingerprint density at radius 2 is 2.08 bits per heavy atom. The van der Waals surface area contributed by atoms with Crippen LogP contribution < -0.4 is 21.0 Å². The van der Waals surface area contributed by atoms with Gasteiger partial charge in [0, 0.05) is 13.3 Å². The normalized spacial score (nSPS) is 25.8. The molecule has 1 aromatic heterocycles. The van der Waals surface area contributed by atoms with E-state index < -0.39 is 55.6 Å². The van der Waals surface area contributed by atoms with Gasteiger partial charge < -0.3 is 29.6 Å². The molecule has 1 aliphatic heterocycles. The molecule has 2 aromatic rings. The van der Waals surface area contributed by atoms with Gasteiger partial charge in [-0.2, -0.15) is 10.1 Å². The van der Waals surface area contributed by atoms with Crippen LogP contribution in [-0.4, -0.2) is 70.9 Å². The summed E-state index contributed by atoms with van der Waals surface area (Å²) in [5.41, 5.74) is 4.48. The third kappa shape index (κ3) is 7.26. The highest BCUT2D eigenvalue weighted by molar-refractivity contribution is 7.52. The number of methoxy groups -OCH3 is 1. The Bertz CT molecular complexity index is 1170. The van der Waals surface area contributed by atoms with Crippen molar-refractivity contribution in [3.63, 3.8) is 0 Å². The van der Waals surface area contributed by atoms with Crippen molar-refractivity contribution in [1.29, 1.82) is 0 Å². The summed E-state index contributed by atoms with van der Waals surface area (Å²) in [5.74, 6) is -0.757. The number of carbonyl (C=O) groups excluding carboxylic acids is 1. The van der Waals surface area contributed by atoms with E-state index >= 15 is 4.39 Å². The van der Waals surface area contributed by atoms with Gasteiger partial charge in [0.25, 0.3) is 5.13 Å². The molecule has 1 fully saturated rings. The fraction of sp³-hybridized carbons (Fsp3) is 0.476. The van der Waals surface area contributed by atoms with E-state index in [9.17, 15) is 19.3 Å². The van der Waals surface area contributed by atoms with E-state index in [4.69, 9.17) is 40.6 Å². The number of hydrogen-bond donors (Lipinski definition) is 3. The lowest BCUT2D eigenvalue weighted by molar-refractivity contribution is -0.146. The van der Waals surface area contributed by atoms with Crippen LogP contribution in [0.15, 0.2) is 47.4 Å². The summed E-state index contributed by atoms with van der Waals surface area (Å²) in [6.45, 7) is 0.766. The van der Waals surface area contributed by atoms with Crippen molar-refractivity contribution < 1.29 is 42.1 Å². The fourth-order valence-corrected chi connectivity index (χ4v) is 5.03. The smallest absolute Gasteiger partial charge is 0.459 e. The number of benzene rings is 1. The molecule has 0 radical (unpaired) electrons. The van der Waals surface area contributed by atoms with Crippen molar-refractivity contribution >= 4 is 31.1 Å². The molecule has 0 aliphatic carbocycles. The third-order valence-electron chi connectivity index (χ3n) is 5.10. The van der Waals surface area contributed by atoms with Gasteiger partial charge in [-0.15, -0.1) is 0 Å². The molecule has 1 saturated heterocycles. The standard InChI is InChI=1S/C21H27ClFN4O9P/c1-13(18(29)33-11-10-32-2)26-37(31,36-14-6-4-3-5-7-14)34-12-15-17(28)21(22,23)19(35-15)27-9-8-16(24)25-20(27)30/h3-9,13,15,17,19,28H,10-12H2,1-2H3,(H,26,31)(H2,24,25,30)/t13-,15?,17+,19?,21+,37-/m0/s1. The monoisotopic (exact) mass is 564 g/mol. The van der Waals surface area contributed by atoms with Crippen LogP contribution in [0.3, 0.4) is 0 Å². The first-order chi connectivity index (χ1) is 17.5. The molecule has 3 rings (SSSR count). The second-order valence-corrected chi connectivity index (χ2v) is 10.2. The number of para-hydroxylation sites is 1. The van der Waals surface area contributed by atoms with E-state index in [1.807, 2.05) is 0 Å². The Hall–Kier alpha value is -2.58. The number of anilines is 1. The molecule has 1 aromatic carbocycles. The van der Waals surface area contributed by atoms with Gasteiger partial charge in [0.1, 0.15) is 36.4 Å². The van der Waals surface area contributed by atoms with E-state index in [1.54, 1.807) is 18.2 Å². The van der Waals surface area contributed by atoms with Crippen LogP contribution in [0.5, 0.6) is 5.75 Å². The van der Waals surface area contributed by atoms with E-state index in [2.05, 4.69) is 10.1 Å². The lowest BCUT2D eigenvalue weighted by Crippen LogP contribution is -2.41. The van der Waals surface area contributed by atoms with E-state index in [0.29, 0.717) is 4.57 Å². The number of esters is 1. The molecule has 4 N–H and O–H groups in total. The van der Waals surface area contributed by atoms with E-state index in [1.165, 1.54) is 32.2 Å². The van der Waals surface area contributed by atoms with Crippen LogP contribution in [0.4, 0.5) is 10.2 Å². The number of rotatable bonds is 12. The zero-order valence-corrected chi connectivity index (χ0v) is 21.5. The molecule has 16 heteroatoms. The number of aromatic nitrogens is 2. The van der Waals surface area contributed by atoms with Crippen LogP contribution >= 0.6 is 19.3 Å². The lowest BCUT2D eigenvalue weighted by Gasteiger charge is -2.24. The SMILES string of the molecule is COCCOC(=O)[C@H](C)N[P@](=O)(OCC1OC(n2ccc(N)nc2=O)[C@@](F)(Cl)[C@@H]1O)Oc1ccccc1. The van der Waals surface area contributed by atoms with Crippen molar-refractivity contribution in [3.8, 4) is 5.75 Å². The largest absolute Gasteiger partial charge is 0.462 e. The van der Waals surface area contributed by atoms with Gasteiger partial charge in [-0.3, -0.25) is 13.9 Å². The second kappa shape index (κ2) is 12.3. The summed E-state index contributed by atoms with van der Waals surface area (Å²) in [6, 6.07) is 7.94. The van der Waals surface area contributed by atoms with Gasteiger partial charge >= 0.3 is 19.4 Å². The maximum atomic E-state index is 15.2. The van der Waals surface area contributed by atoms with Gasteiger partial charge in [0.05, 0.1) is 13.2 Å². The fourth-order valence-electron chi connectivity index (χ4n) is 3.23. The predicted molar refractivity (Wildman–Crippen MR) is 129 cm³/mol. The highest BCUT2D eigenvalue weighted by Crippen LogP contribution is 2.48. The number of alkyl halides is 2. The maximum Gasteiger partial charge on any atom is 0.459 e. The van der Waals surface area contributed by atoms with Crippen molar-refractivity contribution in [3.05, 3.63) is 53.1 Å². The van der Waals surface area contributed by atoms with Gasteiger partial charge in [0.15, 0.2) is 6.23 Å². The molecule has 37 heavy (non-hydrogen) atoms. The predicted octanol–water partition coefficient (Wildman–Crippen LogP) is 1.36. The molecule has 0 saturated carbocycles. The van der Waals surface area contributed by atoms with Gasteiger partial charge in [0.2, 0.25) is 0 Å². The topological polar surface area (TPSA) is 173 Å². The van der Waals surface area contributed by atoms with Crippen molar-refractivity contribution in [2.75, 3.05) is 32.7 Å². The van der Waals surface area contributed by atoms with E-state index in [-0.39, 0.29) is 24.8 Å². The zero-order chi connectivity index (χ0) is 27.2. The quantitative estimate of drug-likeness (QED) is 0.146. The van der Waals surface area contributed by atoms with Crippen LogP contribution in [0.1, 0.15) is 13.2 Å². The number of aliphatic hydroxyl groups is 1. The summed E-state index contributed by atoms with van der Waals surface area (Å²) >= 11 is 5.89. The third-order valence-corrected chi connectivity index (χ3v) is 7.15. The Morgan fingerprint density at radius 3 is 2.73 bits per heavy atom. The maximum absolute atomic E-state index is 15.2. The van der Waals surface area contributed by atoms with E-state index in [0.717, 1.165) is 6.20 Å². The molecule has 2 heterocycles. The molecular weight excluding hydrogens is 538 g/mol. The molecule has 204 valence electrons. The average Bonchev–Trinajstić information content (AvgIpc) is 3.07. The van der Waals surface area contributed by atoms with Crippen molar-refractivity contribution in [2.24, 2.45) is 0 Å². The zero-order valence-electron chi connectivity index (χ0n) is 19.9. The van der Waals surface area contributed by atoms with Gasteiger partial charge in [-0.1, -0.05) is 29.8 Å². The average molecular weight is 565 g/mol. The first-order valence-corrected chi connectivity index (χ1v) is 12.9. The van der Waals surface area contributed by atoms with Crippen LogP contribution in [0.25, 0.3) is 0 Å². The summed E-state index contributed by atoms with van der Waals surface area (Å²) in [5, 5.41) is 9.92. The molecule has 0 spiro atoms. The van der Waals surface area contributed by atoms with Crippen molar-refractivity contribution in [2.45, 2.75) is 36.5 Å². The number of nitrogens with zero attached hydrogens (tertiary/aromatic N) is 2. The summed E-state index contributed by atoms with van der Waals surface area (Å²) < 4.78 is 55.7. The molecule has 1 aliphatic rings. The first kappa shape index (κ1) is 29.0. The number of aliphatic hydroxyl groups excluding tert-OH is 1. The van der Waals surface area contributed by atoms with Crippen LogP contribution in [-0.2, 0) is 28.1 Å². The minimum absolute atomic E-state index is 0.0385. The number of nitrogen functional groups attached to an aromatic ring is 1. The number of nitrogens with two attached hydrogens (primary N) is 1. The second-order valence-electron chi connectivity index (χ2n) is 7.90.